The predicted octanol–water partition coefficient (Wildman–Crippen LogP) is 5.10. The first-order valence-electron chi connectivity index (χ1n) is 12.5. The third-order valence-electron chi connectivity index (χ3n) is 6.89. The summed E-state index contributed by atoms with van der Waals surface area (Å²) < 4.78 is 7.24. The number of hydrogen-bond donors (Lipinski definition) is 1. The molecule has 2 N–H and O–H groups in total. The van der Waals surface area contributed by atoms with Crippen LogP contribution >= 0.6 is 11.3 Å². The van der Waals surface area contributed by atoms with E-state index in [1.54, 1.807) is 16.2 Å². The Bertz CT molecular complexity index is 1100. The normalized spacial score (nSPS) is 16.6. The van der Waals surface area contributed by atoms with Crippen LogP contribution in [0.15, 0.2) is 48.5 Å². The fourth-order valence-electron chi connectivity index (χ4n) is 5.09. The van der Waals surface area contributed by atoms with E-state index < -0.39 is 0 Å². The maximum atomic E-state index is 12.1. The van der Waals surface area contributed by atoms with E-state index in [1.165, 1.54) is 16.0 Å². The van der Waals surface area contributed by atoms with Crippen molar-refractivity contribution in [3.63, 3.8) is 0 Å². The lowest BCUT2D eigenvalue weighted by Crippen LogP contribution is -2.36. The first kappa shape index (κ1) is 23.0. The van der Waals surface area contributed by atoms with Crippen LogP contribution < -0.4 is 20.3 Å². The number of fused-ring (bicyclic) bond motifs is 2. The van der Waals surface area contributed by atoms with Crippen LogP contribution in [0.5, 0.6) is 5.75 Å². The number of aryl methyl sites for hydroxylation is 1. The summed E-state index contributed by atoms with van der Waals surface area (Å²) >= 11 is 1.63. The van der Waals surface area contributed by atoms with Crippen molar-refractivity contribution in [1.29, 1.82) is 0 Å². The SMILES string of the molecule is NC(=O)N(CCCCN1CCCN(c2cccc3c2OCCC3)CC1)c1cc2ccccc2s1. The number of primary amides is 1. The van der Waals surface area contributed by atoms with Crippen LogP contribution in [-0.2, 0) is 6.42 Å². The van der Waals surface area contributed by atoms with Crippen LogP contribution in [0.3, 0.4) is 0 Å². The Labute approximate surface area is 205 Å². The quantitative estimate of drug-likeness (QED) is 0.480. The molecular formula is C27H34N4O2S. The molecule has 0 aliphatic carbocycles. The lowest BCUT2D eigenvalue weighted by Gasteiger charge is -2.28. The van der Waals surface area contributed by atoms with E-state index in [1.807, 2.05) is 12.1 Å². The van der Waals surface area contributed by atoms with E-state index in [2.05, 4.69) is 46.2 Å². The monoisotopic (exact) mass is 478 g/mol. The van der Waals surface area contributed by atoms with Crippen LogP contribution in [0.1, 0.15) is 31.2 Å². The number of hydrogen-bond acceptors (Lipinski definition) is 5. The number of nitrogens with two attached hydrogens (primary N) is 1. The number of carbonyl (C=O) groups excluding carboxylic acids is 1. The van der Waals surface area contributed by atoms with Gasteiger partial charge in [0, 0.05) is 30.9 Å². The van der Waals surface area contributed by atoms with Crippen LogP contribution in [0, 0.1) is 0 Å². The van der Waals surface area contributed by atoms with Crippen molar-refractivity contribution >= 4 is 38.1 Å². The van der Waals surface area contributed by atoms with E-state index in [0.29, 0.717) is 6.54 Å². The number of para-hydroxylation sites is 1. The topological polar surface area (TPSA) is 62.0 Å². The largest absolute Gasteiger partial charge is 0.491 e. The third-order valence-corrected chi connectivity index (χ3v) is 8.03. The fraction of sp³-hybridized carbons (Fsp3) is 0.444. The molecule has 180 valence electrons. The van der Waals surface area contributed by atoms with Gasteiger partial charge < -0.3 is 20.3 Å². The Hall–Kier alpha value is -2.77. The second kappa shape index (κ2) is 10.7. The summed E-state index contributed by atoms with van der Waals surface area (Å²) in [5, 5.41) is 2.10. The number of ether oxygens (including phenoxy) is 1. The van der Waals surface area contributed by atoms with Crippen molar-refractivity contribution < 1.29 is 9.53 Å². The number of unbranched alkanes of at least 4 members (excludes halogenated alkanes) is 1. The number of urea groups is 1. The van der Waals surface area contributed by atoms with Gasteiger partial charge in [-0.2, -0.15) is 0 Å². The van der Waals surface area contributed by atoms with Gasteiger partial charge in [0.15, 0.2) is 0 Å². The molecular weight excluding hydrogens is 444 g/mol. The lowest BCUT2D eigenvalue weighted by molar-refractivity contribution is 0.253. The van der Waals surface area contributed by atoms with Crippen molar-refractivity contribution in [3.8, 4) is 5.75 Å². The van der Waals surface area contributed by atoms with Crippen LogP contribution in [0.25, 0.3) is 10.1 Å². The summed E-state index contributed by atoms with van der Waals surface area (Å²) in [5.41, 5.74) is 8.34. The maximum absolute atomic E-state index is 12.1. The van der Waals surface area contributed by atoms with Crippen molar-refractivity contribution in [2.24, 2.45) is 5.73 Å². The number of amides is 2. The van der Waals surface area contributed by atoms with Crippen molar-refractivity contribution in [2.75, 3.05) is 55.7 Å². The molecule has 0 spiro atoms. The van der Waals surface area contributed by atoms with Gasteiger partial charge >= 0.3 is 6.03 Å². The highest BCUT2D eigenvalue weighted by Gasteiger charge is 2.21. The number of thiophene rings is 1. The average Bonchev–Trinajstić information content (AvgIpc) is 3.14. The Kier molecular flexibility index (Phi) is 7.21. The summed E-state index contributed by atoms with van der Waals surface area (Å²) in [4.78, 5) is 18.9. The fourth-order valence-corrected chi connectivity index (χ4v) is 6.19. The Morgan fingerprint density at radius 1 is 1.03 bits per heavy atom. The van der Waals surface area contributed by atoms with Gasteiger partial charge in [0.1, 0.15) is 10.8 Å². The van der Waals surface area contributed by atoms with E-state index in [9.17, 15) is 4.79 Å². The minimum absolute atomic E-state index is 0.370. The van der Waals surface area contributed by atoms with E-state index in [-0.39, 0.29) is 6.03 Å². The van der Waals surface area contributed by atoms with Crippen LogP contribution in [0.4, 0.5) is 15.5 Å². The minimum Gasteiger partial charge on any atom is -0.491 e. The van der Waals surface area contributed by atoms with Crippen molar-refractivity contribution in [1.82, 2.24) is 4.90 Å². The minimum atomic E-state index is -0.370. The van der Waals surface area contributed by atoms with Crippen molar-refractivity contribution in [3.05, 3.63) is 54.1 Å². The lowest BCUT2D eigenvalue weighted by atomic mass is 10.0. The molecule has 1 aromatic heterocycles. The highest BCUT2D eigenvalue weighted by Crippen LogP contribution is 2.36. The third kappa shape index (κ3) is 5.15. The molecule has 2 aliphatic rings. The molecule has 2 aromatic carbocycles. The zero-order valence-electron chi connectivity index (χ0n) is 19.7. The smallest absolute Gasteiger partial charge is 0.319 e. The van der Waals surface area contributed by atoms with Gasteiger partial charge in [-0.3, -0.25) is 4.90 Å². The summed E-state index contributed by atoms with van der Waals surface area (Å²) in [6, 6.07) is 16.5. The second-order valence-corrected chi connectivity index (χ2v) is 10.3. The summed E-state index contributed by atoms with van der Waals surface area (Å²) in [6.45, 7) is 6.80. The molecule has 0 atom stereocenters. The number of anilines is 2. The van der Waals surface area contributed by atoms with Gasteiger partial charge in [0.2, 0.25) is 0 Å². The Balaban J connectivity index is 1.12. The van der Waals surface area contributed by atoms with E-state index >= 15 is 0 Å². The molecule has 0 radical (unpaired) electrons. The zero-order chi connectivity index (χ0) is 23.3. The molecule has 0 saturated carbocycles. The van der Waals surface area contributed by atoms with Gasteiger partial charge in [0.25, 0.3) is 0 Å². The molecule has 3 aromatic rings. The summed E-state index contributed by atoms with van der Waals surface area (Å²) in [5.74, 6) is 1.11. The first-order valence-corrected chi connectivity index (χ1v) is 13.3. The Morgan fingerprint density at radius 3 is 2.82 bits per heavy atom. The molecule has 2 aliphatic heterocycles. The highest BCUT2D eigenvalue weighted by atomic mass is 32.1. The van der Waals surface area contributed by atoms with Gasteiger partial charge in [-0.25, -0.2) is 4.79 Å². The first-order chi connectivity index (χ1) is 16.7. The molecule has 3 heterocycles. The van der Waals surface area contributed by atoms with E-state index in [4.69, 9.17) is 10.5 Å². The molecule has 1 saturated heterocycles. The second-order valence-electron chi connectivity index (χ2n) is 9.22. The molecule has 6 nitrogen and oxygen atoms in total. The number of benzene rings is 2. The van der Waals surface area contributed by atoms with Gasteiger partial charge in [0.05, 0.1) is 12.3 Å². The molecule has 1 fully saturated rings. The summed E-state index contributed by atoms with van der Waals surface area (Å²) in [7, 11) is 0. The summed E-state index contributed by atoms with van der Waals surface area (Å²) in [6.07, 6.45) is 5.38. The van der Waals surface area contributed by atoms with E-state index in [0.717, 1.165) is 87.6 Å². The Morgan fingerprint density at radius 2 is 1.94 bits per heavy atom. The van der Waals surface area contributed by atoms with Crippen LogP contribution in [0.2, 0.25) is 0 Å². The highest BCUT2D eigenvalue weighted by molar-refractivity contribution is 7.23. The molecule has 5 rings (SSSR count). The predicted molar refractivity (Wildman–Crippen MR) is 142 cm³/mol. The molecule has 0 bridgehead atoms. The van der Waals surface area contributed by atoms with Crippen LogP contribution in [-0.4, -0.2) is 56.8 Å². The number of nitrogens with zero attached hydrogens (tertiary/aromatic N) is 3. The van der Waals surface area contributed by atoms with Gasteiger partial charge in [-0.1, -0.05) is 30.3 Å². The average molecular weight is 479 g/mol. The molecule has 2 amide bonds. The number of rotatable bonds is 7. The zero-order valence-corrected chi connectivity index (χ0v) is 20.6. The molecule has 0 unspecified atom stereocenters. The standard InChI is InChI=1S/C27H34N4O2S/c28-27(32)31(25-20-22-8-1-2-12-24(22)34-25)16-4-3-13-29-14-7-15-30(18-17-29)23-11-5-9-21-10-6-19-33-26(21)23/h1-2,5,8-9,11-12,20H,3-4,6-7,10,13-19H2,(H2,28,32). The maximum Gasteiger partial charge on any atom is 0.319 e. The van der Waals surface area contributed by atoms with Gasteiger partial charge in [-0.15, -0.1) is 11.3 Å². The molecule has 7 heteroatoms. The number of carbonyl (C=O) groups is 1. The van der Waals surface area contributed by atoms with Gasteiger partial charge in [-0.05, 0) is 74.3 Å². The van der Waals surface area contributed by atoms with Crippen molar-refractivity contribution in [2.45, 2.75) is 32.1 Å². The molecule has 34 heavy (non-hydrogen) atoms.